The van der Waals surface area contributed by atoms with Crippen molar-refractivity contribution in [2.75, 3.05) is 19.8 Å². The minimum atomic E-state index is -0.00219. The fourth-order valence-corrected chi connectivity index (χ4v) is 3.38. The van der Waals surface area contributed by atoms with Crippen LogP contribution in [0.1, 0.15) is 19.3 Å². The molecule has 6 nitrogen and oxygen atoms in total. The number of rotatable bonds is 6. The number of ether oxygens (including phenoxy) is 2. The molecule has 0 aromatic carbocycles. The Labute approximate surface area is 130 Å². The molecule has 1 amide bonds. The number of carbonyl (C=O) groups excluding carboxylic acids is 1. The summed E-state index contributed by atoms with van der Waals surface area (Å²) in [7, 11) is 0. The van der Waals surface area contributed by atoms with E-state index in [1.807, 2.05) is 21.8 Å². The zero-order chi connectivity index (χ0) is 15.4. The van der Waals surface area contributed by atoms with Crippen molar-refractivity contribution in [2.24, 2.45) is 0 Å². The first-order valence-electron chi connectivity index (χ1n) is 7.93. The van der Waals surface area contributed by atoms with Crippen molar-refractivity contribution in [3.05, 3.63) is 31.1 Å². The highest BCUT2D eigenvalue weighted by atomic mass is 16.5. The van der Waals surface area contributed by atoms with Gasteiger partial charge in [-0.3, -0.25) is 9.48 Å². The van der Waals surface area contributed by atoms with Gasteiger partial charge in [-0.1, -0.05) is 6.58 Å². The van der Waals surface area contributed by atoms with Crippen molar-refractivity contribution in [3.63, 3.8) is 0 Å². The van der Waals surface area contributed by atoms with E-state index in [1.165, 1.54) is 6.08 Å². The molecule has 0 spiro atoms. The van der Waals surface area contributed by atoms with Crippen LogP contribution in [0.25, 0.3) is 0 Å². The number of fused-ring (bicyclic) bond motifs is 1. The maximum Gasteiger partial charge on any atom is 0.246 e. The quantitative estimate of drug-likeness (QED) is 0.586. The van der Waals surface area contributed by atoms with Crippen LogP contribution in [0.15, 0.2) is 31.1 Å². The van der Waals surface area contributed by atoms with Crippen LogP contribution in [0, 0.1) is 0 Å². The van der Waals surface area contributed by atoms with Crippen molar-refractivity contribution in [2.45, 2.75) is 44.1 Å². The first-order valence-corrected chi connectivity index (χ1v) is 7.93. The molecule has 1 saturated carbocycles. The molecule has 2 aliphatic rings. The molecular formula is C16H23N3O3. The Kier molecular flexibility index (Phi) is 4.90. The smallest absolute Gasteiger partial charge is 0.246 e. The molecule has 1 aliphatic heterocycles. The van der Waals surface area contributed by atoms with Crippen LogP contribution in [0.4, 0.5) is 0 Å². The van der Waals surface area contributed by atoms with Gasteiger partial charge < -0.3 is 14.4 Å². The molecule has 0 N–H and O–H groups in total. The van der Waals surface area contributed by atoms with Gasteiger partial charge in [0.2, 0.25) is 5.91 Å². The highest BCUT2D eigenvalue weighted by molar-refractivity contribution is 5.87. The van der Waals surface area contributed by atoms with E-state index in [-0.39, 0.29) is 24.2 Å². The van der Waals surface area contributed by atoms with Crippen LogP contribution in [0.5, 0.6) is 0 Å². The molecule has 1 saturated heterocycles. The van der Waals surface area contributed by atoms with Gasteiger partial charge >= 0.3 is 0 Å². The van der Waals surface area contributed by atoms with Crippen molar-refractivity contribution in [1.82, 2.24) is 14.7 Å². The van der Waals surface area contributed by atoms with Crippen molar-refractivity contribution < 1.29 is 14.3 Å². The molecule has 3 atom stereocenters. The summed E-state index contributed by atoms with van der Waals surface area (Å²) < 4.78 is 13.8. The van der Waals surface area contributed by atoms with E-state index in [0.717, 1.165) is 25.8 Å². The Morgan fingerprint density at radius 3 is 3.18 bits per heavy atom. The summed E-state index contributed by atoms with van der Waals surface area (Å²) in [4.78, 5) is 13.8. The maximum atomic E-state index is 11.9. The van der Waals surface area contributed by atoms with Gasteiger partial charge in [0, 0.05) is 32.1 Å². The lowest BCUT2D eigenvalue weighted by Crippen LogP contribution is -2.53. The molecule has 22 heavy (non-hydrogen) atoms. The van der Waals surface area contributed by atoms with E-state index in [4.69, 9.17) is 9.47 Å². The topological polar surface area (TPSA) is 56.6 Å². The molecule has 1 aromatic heterocycles. The fraction of sp³-hybridized carbons (Fsp3) is 0.625. The monoisotopic (exact) mass is 305 g/mol. The molecule has 1 aromatic rings. The molecule has 0 radical (unpaired) electrons. The Hall–Kier alpha value is -1.66. The SMILES string of the molecule is C=CC(=O)N1CCO[C@H]2[C@H](OCCCn3cccn3)CC[C@@H]21. The second-order valence-corrected chi connectivity index (χ2v) is 5.75. The lowest BCUT2D eigenvalue weighted by atomic mass is 10.1. The third-order valence-electron chi connectivity index (χ3n) is 4.42. The first-order chi connectivity index (χ1) is 10.8. The molecule has 0 unspecified atom stereocenters. The molecule has 120 valence electrons. The Morgan fingerprint density at radius 1 is 1.50 bits per heavy atom. The fourth-order valence-electron chi connectivity index (χ4n) is 3.38. The molecule has 3 rings (SSSR count). The van der Waals surface area contributed by atoms with Crippen LogP contribution >= 0.6 is 0 Å². The summed E-state index contributed by atoms with van der Waals surface area (Å²) in [5.41, 5.74) is 0. The number of amides is 1. The van der Waals surface area contributed by atoms with Gasteiger partial charge in [0.15, 0.2) is 0 Å². The van der Waals surface area contributed by atoms with Gasteiger partial charge in [0.1, 0.15) is 6.10 Å². The Balaban J connectivity index is 1.47. The lowest BCUT2D eigenvalue weighted by molar-refractivity contribution is -0.146. The first kappa shape index (κ1) is 15.2. The van der Waals surface area contributed by atoms with Gasteiger partial charge in [0.25, 0.3) is 0 Å². The lowest BCUT2D eigenvalue weighted by Gasteiger charge is -2.38. The third-order valence-corrected chi connectivity index (χ3v) is 4.42. The predicted octanol–water partition coefficient (Wildman–Crippen LogP) is 1.23. The van der Waals surface area contributed by atoms with Gasteiger partial charge in [-0.2, -0.15) is 5.10 Å². The average Bonchev–Trinajstić information content (AvgIpc) is 3.20. The van der Waals surface area contributed by atoms with Gasteiger partial charge in [0.05, 0.1) is 18.8 Å². The van der Waals surface area contributed by atoms with Crippen molar-refractivity contribution in [3.8, 4) is 0 Å². The van der Waals surface area contributed by atoms with E-state index < -0.39 is 0 Å². The highest BCUT2D eigenvalue weighted by Crippen LogP contribution is 2.32. The third kappa shape index (κ3) is 3.23. The molecule has 1 aliphatic carbocycles. The summed E-state index contributed by atoms with van der Waals surface area (Å²) in [5.74, 6) is -0.00219. The Morgan fingerprint density at radius 2 is 2.41 bits per heavy atom. The van der Waals surface area contributed by atoms with Crippen LogP contribution in [0.3, 0.4) is 0 Å². The molecule has 6 heteroatoms. The zero-order valence-electron chi connectivity index (χ0n) is 12.8. The van der Waals surface area contributed by atoms with E-state index in [0.29, 0.717) is 19.8 Å². The van der Waals surface area contributed by atoms with E-state index in [1.54, 1.807) is 6.20 Å². The van der Waals surface area contributed by atoms with E-state index in [9.17, 15) is 4.79 Å². The van der Waals surface area contributed by atoms with Gasteiger partial charge in [-0.25, -0.2) is 0 Å². The minimum Gasteiger partial charge on any atom is -0.375 e. The van der Waals surface area contributed by atoms with Crippen LogP contribution in [-0.4, -0.2) is 58.6 Å². The zero-order valence-corrected chi connectivity index (χ0v) is 12.8. The largest absolute Gasteiger partial charge is 0.375 e. The second kappa shape index (κ2) is 7.07. The molecule has 2 fully saturated rings. The number of carbonyl (C=O) groups is 1. The molecule has 0 bridgehead atoms. The summed E-state index contributed by atoms with van der Waals surface area (Å²) >= 11 is 0. The Bertz CT molecular complexity index is 503. The standard InChI is InChI=1S/C16H23N3O3/c1-2-15(20)19-10-12-22-16-13(19)5-6-14(16)21-11-4-9-18-8-3-7-17-18/h2-3,7-8,13-14,16H,1,4-6,9-12H2/t13-,14+,16+/m0/s1. The van der Waals surface area contributed by atoms with Gasteiger partial charge in [-0.05, 0) is 31.4 Å². The van der Waals surface area contributed by atoms with E-state index >= 15 is 0 Å². The normalized spacial score (nSPS) is 27.6. The molecular weight excluding hydrogens is 282 g/mol. The van der Waals surface area contributed by atoms with Crippen LogP contribution in [0.2, 0.25) is 0 Å². The predicted molar refractivity (Wildman–Crippen MR) is 81.3 cm³/mol. The van der Waals surface area contributed by atoms with Crippen LogP contribution in [-0.2, 0) is 20.8 Å². The van der Waals surface area contributed by atoms with E-state index in [2.05, 4.69) is 11.7 Å². The number of nitrogens with zero attached hydrogens (tertiary/aromatic N) is 3. The number of morpholine rings is 1. The minimum absolute atomic E-state index is 0.00218. The molecule has 2 heterocycles. The number of aromatic nitrogens is 2. The second-order valence-electron chi connectivity index (χ2n) is 5.75. The van der Waals surface area contributed by atoms with Crippen LogP contribution < -0.4 is 0 Å². The summed E-state index contributed by atoms with van der Waals surface area (Å²) in [6.45, 7) is 6.35. The summed E-state index contributed by atoms with van der Waals surface area (Å²) in [5, 5.41) is 4.17. The summed E-state index contributed by atoms with van der Waals surface area (Å²) in [6.07, 6.45) is 8.01. The average molecular weight is 305 g/mol. The van der Waals surface area contributed by atoms with Crippen molar-refractivity contribution in [1.29, 1.82) is 0 Å². The highest BCUT2D eigenvalue weighted by Gasteiger charge is 2.44. The van der Waals surface area contributed by atoms with Gasteiger partial charge in [-0.15, -0.1) is 0 Å². The number of aryl methyl sites for hydroxylation is 1. The summed E-state index contributed by atoms with van der Waals surface area (Å²) in [6, 6.07) is 2.05. The number of hydrogen-bond acceptors (Lipinski definition) is 4. The maximum absolute atomic E-state index is 11.9. The van der Waals surface area contributed by atoms with Crippen molar-refractivity contribution >= 4 is 5.91 Å². The number of hydrogen-bond donors (Lipinski definition) is 0.